The molecule has 1 amide bonds. The fourth-order valence-corrected chi connectivity index (χ4v) is 1.95. The molecule has 7 heteroatoms. The maximum Gasteiger partial charge on any atom is 0.305 e. The number of carboxylic acid groups (broad SMARTS) is 1. The van der Waals surface area contributed by atoms with E-state index in [0.717, 1.165) is 0 Å². The van der Waals surface area contributed by atoms with Crippen LogP contribution >= 0.6 is 0 Å². The number of nitrogens with one attached hydrogen (secondary N) is 1. The van der Waals surface area contributed by atoms with Crippen molar-refractivity contribution in [2.75, 3.05) is 13.7 Å². The number of aliphatic carboxylic acids is 1. The minimum atomic E-state index is -1.05. The zero-order valence-corrected chi connectivity index (χ0v) is 12.8. The predicted molar refractivity (Wildman–Crippen MR) is 77.2 cm³/mol. The molecule has 1 aromatic carbocycles. The first-order valence-corrected chi connectivity index (χ1v) is 6.71. The second kappa shape index (κ2) is 7.74. The number of carboxylic acids is 1. The first-order chi connectivity index (χ1) is 10.3. The molecule has 2 atom stereocenters. The lowest BCUT2D eigenvalue weighted by Crippen LogP contribution is -2.54. The van der Waals surface area contributed by atoms with E-state index in [2.05, 4.69) is 5.32 Å². The fraction of sp³-hybridized carbons (Fsp3) is 0.467. The van der Waals surface area contributed by atoms with E-state index in [-0.39, 0.29) is 13.0 Å². The van der Waals surface area contributed by atoms with E-state index in [4.69, 9.17) is 14.6 Å². The number of carbonyl (C=O) groups is 2. The van der Waals surface area contributed by atoms with Crippen molar-refractivity contribution >= 4 is 11.9 Å². The molecule has 0 heterocycles. The Hall–Kier alpha value is -2.15. The Bertz CT molecular complexity index is 519. The number of benzene rings is 1. The molecule has 0 aliphatic rings. The van der Waals surface area contributed by atoms with Crippen LogP contribution < -0.4 is 10.1 Å². The van der Waals surface area contributed by atoms with Crippen molar-refractivity contribution in [1.82, 2.24) is 5.32 Å². The summed E-state index contributed by atoms with van der Waals surface area (Å²) < 4.78 is 23.2. The van der Waals surface area contributed by atoms with Gasteiger partial charge >= 0.3 is 5.97 Å². The van der Waals surface area contributed by atoms with Crippen LogP contribution in [0.5, 0.6) is 5.75 Å². The maximum atomic E-state index is 12.8. The van der Waals surface area contributed by atoms with Gasteiger partial charge in [0.2, 0.25) is 0 Å². The van der Waals surface area contributed by atoms with Gasteiger partial charge in [-0.25, -0.2) is 4.39 Å². The van der Waals surface area contributed by atoms with Crippen LogP contribution in [0.1, 0.15) is 20.3 Å². The number of amides is 1. The van der Waals surface area contributed by atoms with Gasteiger partial charge < -0.3 is 19.9 Å². The van der Waals surface area contributed by atoms with Crippen molar-refractivity contribution in [2.24, 2.45) is 0 Å². The molecule has 1 aromatic rings. The minimum Gasteiger partial charge on any atom is -0.481 e. The minimum absolute atomic E-state index is 0.0499. The molecule has 122 valence electrons. The van der Waals surface area contributed by atoms with E-state index in [1.165, 1.54) is 38.3 Å². The lowest BCUT2D eigenvalue weighted by atomic mass is 9.98. The molecular formula is C15H20FNO5. The SMILES string of the molecule is COCC(C)(CC(=O)O)NC(=O)C(C)Oc1ccc(F)cc1. The van der Waals surface area contributed by atoms with Crippen LogP contribution in [-0.4, -0.2) is 42.3 Å². The summed E-state index contributed by atoms with van der Waals surface area (Å²) in [4.78, 5) is 23.0. The Kier molecular flexibility index (Phi) is 6.30. The Labute approximate surface area is 128 Å². The third kappa shape index (κ3) is 5.69. The van der Waals surface area contributed by atoms with Crippen LogP contribution in [-0.2, 0) is 14.3 Å². The molecule has 0 aliphatic carbocycles. The average molecular weight is 313 g/mol. The third-order valence-corrected chi connectivity index (χ3v) is 2.92. The van der Waals surface area contributed by atoms with E-state index >= 15 is 0 Å². The first kappa shape index (κ1) is 17.9. The summed E-state index contributed by atoms with van der Waals surface area (Å²) in [7, 11) is 1.42. The van der Waals surface area contributed by atoms with E-state index in [0.29, 0.717) is 5.75 Å². The monoisotopic (exact) mass is 313 g/mol. The molecule has 1 rings (SSSR count). The normalized spacial score (nSPS) is 14.7. The first-order valence-electron chi connectivity index (χ1n) is 6.71. The highest BCUT2D eigenvalue weighted by atomic mass is 19.1. The molecule has 0 spiro atoms. The smallest absolute Gasteiger partial charge is 0.305 e. The number of hydrogen-bond donors (Lipinski definition) is 2. The molecule has 6 nitrogen and oxygen atoms in total. The zero-order valence-electron chi connectivity index (χ0n) is 12.8. The van der Waals surface area contributed by atoms with Crippen LogP contribution in [0.15, 0.2) is 24.3 Å². The summed E-state index contributed by atoms with van der Waals surface area (Å²) in [6.45, 7) is 3.15. The van der Waals surface area contributed by atoms with Gasteiger partial charge in [-0.15, -0.1) is 0 Å². The molecule has 2 N–H and O–H groups in total. The lowest BCUT2D eigenvalue weighted by Gasteiger charge is -2.29. The van der Waals surface area contributed by atoms with Gasteiger partial charge in [-0.3, -0.25) is 9.59 Å². The number of hydrogen-bond acceptors (Lipinski definition) is 4. The van der Waals surface area contributed by atoms with Gasteiger partial charge in [0.15, 0.2) is 6.10 Å². The molecule has 22 heavy (non-hydrogen) atoms. The molecule has 0 saturated carbocycles. The molecule has 0 bridgehead atoms. The summed E-state index contributed by atoms with van der Waals surface area (Å²) in [5, 5.41) is 11.5. The highest BCUT2D eigenvalue weighted by Crippen LogP contribution is 2.15. The quantitative estimate of drug-likeness (QED) is 0.761. The molecule has 0 fully saturated rings. The van der Waals surface area contributed by atoms with Gasteiger partial charge in [-0.05, 0) is 38.1 Å². The Balaban J connectivity index is 2.68. The molecule has 2 unspecified atom stereocenters. The Morgan fingerprint density at radius 3 is 2.45 bits per heavy atom. The molecule has 0 radical (unpaired) electrons. The average Bonchev–Trinajstić information content (AvgIpc) is 2.40. The van der Waals surface area contributed by atoms with Crippen molar-refractivity contribution in [3.63, 3.8) is 0 Å². The number of ether oxygens (including phenoxy) is 2. The second-order valence-electron chi connectivity index (χ2n) is 5.27. The summed E-state index contributed by atoms with van der Waals surface area (Å²) >= 11 is 0. The van der Waals surface area contributed by atoms with Crippen LogP contribution in [0.4, 0.5) is 4.39 Å². The van der Waals surface area contributed by atoms with Gasteiger partial charge in [0.25, 0.3) is 5.91 Å². The summed E-state index contributed by atoms with van der Waals surface area (Å²) in [6.07, 6.45) is -1.15. The number of methoxy groups -OCH3 is 1. The van der Waals surface area contributed by atoms with Crippen LogP contribution in [0.3, 0.4) is 0 Å². The largest absolute Gasteiger partial charge is 0.481 e. The number of rotatable bonds is 8. The molecule has 0 aromatic heterocycles. The van der Waals surface area contributed by atoms with Gasteiger partial charge in [-0.2, -0.15) is 0 Å². The molecular weight excluding hydrogens is 293 g/mol. The zero-order chi connectivity index (χ0) is 16.8. The van der Waals surface area contributed by atoms with Crippen molar-refractivity contribution in [2.45, 2.75) is 31.9 Å². The number of halogens is 1. The lowest BCUT2D eigenvalue weighted by molar-refractivity contribution is -0.140. The summed E-state index contributed by atoms with van der Waals surface area (Å²) in [5.74, 6) is -1.59. The van der Waals surface area contributed by atoms with E-state index in [1.807, 2.05) is 0 Å². The topological polar surface area (TPSA) is 84.9 Å². The fourth-order valence-electron chi connectivity index (χ4n) is 1.95. The van der Waals surface area contributed by atoms with E-state index < -0.39 is 29.3 Å². The molecule has 0 aliphatic heterocycles. The summed E-state index contributed by atoms with van der Waals surface area (Å²) in [5.41, 5.74) is -1.04. The second-order valence-corrected chi connectivity index (χ2v) is 5.27. The van der Waals surface area contributed by atoms with Gasteiger partial charge in [0.05, 0.1) is 18.6 Å². The van der Waals surface area contributed by atoms with Crippen LogP contribution in [0.2, 0.25) is 0 Å². The van der Waals surface area contributed by atoms with E-state index in [9.17, 15) is 14.0 Å². The number of carbonyl (C=O) groups excluding carboxylic acids is 1. The maximum absolute atomic E-state index is 12.8. The van der Waals surface area contributed by atoms with Crippen molar-refractivity contribution in [3.05, 3.63) is 30.1 Å². The summed E-state index contributed by atoms with van der Waals surface area (Å²) in [6, 6.07) is 5.26. The predicted octanol–water partition coefficient (Wildman–Crippen LogP) is 1.59. The van der Waals surface area contributed by atoms with Crippen LogP contribution in [0, 0.1) is 5.82 Å². The highest BCUT2D eigenvalue weighted by Gasteiger charge is 2.31. The van der Waals surface area contributed by atoms with E-state index in [1.54, 1.807) is 6.92 Å². The molecule has 0 saturated heterocycles. The highest BCUT2D eigenvalue weighted by molar-refractivity contribution is 5.82. The van der Waals surface area contributed by atoms with Crippen molar-refractivity contribution in [3.8, 4) is 5.75 Å². The van der Waals surface area contributed by atoms with Crippen molar-refractivity contribution in [1.29, 1.82) is 0 Å². The Morgan fingerprint density at radius 1 is 1.36 bits per heavy atom. The van der Waals surface area contributed by atoms with Gasteiger partial charge in [-0.1, -0.05) is 0 Å². The van der Waals surface area contributed by atoms with Gasteiger partial charge in [0, 0.05) is 7.11 Å². The third-order valence-electron chi connectivity index (χ3n) is 2.92. The van der Waals surface area contributed by atoms with Crippen LogP contribution in [0.25, 0.3) is 0 Å². The van der Waals surface area contributed by atoms with Crippen molar-refractivity contribution < 1.29 is 28.6 Å². The Morgan fingerprint density at radius 2 is 1.95 bits per heavy atom. The standard InChI is InChI=1S/C15H20FNO5/c1-10(22-12-6-4-11(16)5-7-12)14(20)17-15(2,9-21-3)8-13(18)19/h4-7,10H,8-9H2,1-3H3,(H,17,20)(H,18,19). The van der Waals surface area contributed by atoms with Gasteiger partial charge in [0.1, 0.15) is 11.6 Å².